The van der Waals surface area contributed by atoms with Gasteiger partial charge in [-0.25, -0.2) is 0 Å². The van der Waals surface area contributed by atoms with Crippen LogP contribution >= 0.6 is 0 Å². The van der Waals surface area contributed by atoms with E-state index in [1.54, 1.807) is 23.1 Å². The quantitative estimate of drug-likeness (QED) is 0.464. The minimum atomic E-state index is -1.75. The zero-order valence-corrected chi connectivity index (χ0v) is 16.1. The summed E-state index contributed by atoms with van der Waals surface area (Å²) in [6, 6.07) is 3.68. The van der Waals surface area contributed by atoms with Gasteiger partial charge in [0.1, 0.15) is 35.3 Å². The normalized spacial score (nSPS) is 35.3. The van der Waals surface area contributed by atoms with Crippen LogP contribution in [0.5, 0.6) is 11.5 Å². The monoisotopic (exact) mass is 397 g/mol. The largest absolute Gasteiger partial charge is 0.497 e. The molecule has 3 rings (SSSR count). The first kappa shape index (κ1) is 20.8. The molecule has 9 heteroatoms. The van der Waals surface area contributed by atoms with E-state index in [0.717, 1.165) is 5.56 Å². The van der Waals surface area contributed by atoms with Crippen LogP contribution in [0.4, 0.5) is 0 Å². The Kier molecular flexibility index (Phi) is 5.83. The second kappa shape index (κ2) is 7.84. The Hall–Kier alpha value is -1.91. The van der Waals surface area contributed by atoms with E-state index < -0.39 is 42.0 Å². The maximum atomic E-state index is 12.4. The van der Waals surface area contributed by atoms with Gasteiger partial charge in [-0.15, -0.1) is 0 Å². The second-order valence-electron chi connectivity index (χ2n) is 7.38. The molecule has 1 aliphatic carbocycles. The van der Waals surface area contributed by atoms with Gasteiger partial charge in [-0.3, -0.25) is 9.69 Å². The van der Waals surface area contributed by atoms with Crippen molar-refractivity contribution in [2.45, 2.75) is 55.4 Å². The number of carbonyl (C=O) groups is 1. The number of carbonyl (C=O) groups excluding carboxylic acids is 1. The number of methoxy groups -OCH3 is 3. The van der Waals surface area contributed by atoms with E-state index in [1.807, 2.05) is 0 Å². The lowest BCUT2D eigenvalue weighted by Gasteiger charge is -2.45. The standard InChI is InChI=1S/C19H27NO8/c1-26-11-4-10(5-12(6-11)27-2)9-20-13(18(24)28-3)8-19(25)15(20)7-14(21)16(22)17(19)23/h4-6,13-17,21-23,25H,7-9H2,1-3H3/t13-,14+,15+,16+,17+,19-/m0/s1. The summed E-state index contributed by atoms with van der Waals surface area (Å²) >= 11 is 0. The van der Waals surface area contributed by atoms with Crippen molar-refractivity contribution >= 4 is 5.97 Å². The molecule has 1 aromatic carbocycles. The maximum Gasteiger partial charge on any atom is 0.323 e. The molecule has 4 N–H and O–H groups in total. The molecule has 6 atom stereocenters. The van der Waals surface area contributed by atoms with E-state index in [-0.39, 0.29) is 19.4 Å². The fourth-order valence-corrected chi connectivity index (χ4v) is 4.34. The maximum absolute atomic E-state index is 12.4. The predicted molar refractivity (Wildman–Crippen MR) is 96.9 cm³/mol. The molecule has 1 saturated carbocycles. The first-order chi connectivity index (χ1) is 13.2. The third kappa shape index (κ3) is 3.44. The van der Waals surface area contributed by atoms with Crippen LogP contribution in [-0.2, 0) is 16.1 Å². The van der Waals surface area contributed by atoms with E-state index >= 15 is 0 Å². The Labute approximate surface area is 163 Å². The molecule has 1 saturated heterocycles. The molecule has 1 heterocycles. The zero-order valence-electron chi connectivity index (χ0n) is 16.1. The number of aliphatic hydroxyl groups excluding tert-OH is 3. The van der Waals surface area contributed by atoms with Crippen molar-refractivity contribution in [2.75, 3.05) is 21.3 Å². The van der Waals surface area contributed by atoms with Gasteiger partial charge >= 0.3 is 5.97 Å². The average molecular weight is 397 g/mol. The molecule has 0 unspecified atom stereocenters. The molecular weight excluding hydrogens is 370 g/mol. The summed E-state index contributed by atoms with van der Waals surface area (Å²) in [4.78, 5) is 14.1. The van der Waals surface area contributed by atoms with Crippen molar-refractivity contribution < 1.29 is 39.4 Å². The lowest BCUT2D eigenvalue weighted by molar-refractivity contribution is -0.197. The van der Waals surface area contributed by atoms with E-state index in [9.17, 15) is 25.2 Å². The SMILES string of the molecule is COC(=O)[C@@H]1C[C@@]2(O)[C@H](O)[C@H](O)[C@H](O)C[C@H]2N1Cc1cc(OC)cc(OC)c1. The minimum absolute atomic E-state index is 0.00330. The second-order valence-corrected chi connectivity index (χ2v) is 7.38. The van der Waals surface area contributed by atoms with Crippen LogP contribution in [0.15, 0.2) is 18.2 Å². The fraction of sp³-hybridized carbons (Fsp3) is 0.632. The highest BCUT2D eigenvalue weighted by Gasteiger charge is 2.62. The third-order valence-corrected chi connectivity index (χ3v) is 5.84. The summed E-state index contributed by atoms with van der Waals surface area (Å²) in [5.41, 5.74) is -0.995. The van der Waals surface area contributed by atoms with Crippen molar-refractivity contribution in [1.29, 1.82) is 0 Å². The highest BCUT2D eigenvalue weighted by Crippen LogP contribution is 2.44. The number of aliphatic hydroxyl groups is 4. The third-order valence-electron chi connectivity index (χ3n) is 5.84. The summed E-state index contributed by atoms with van der Waals surface area (Å²) in [7, 11) is 4.31. The number of fused-ring (bicyclic) bond motifs is 1. The molecule has 28 heavy (non-hydrogen) atoms. The number of rotatable bonds is 5. The van der Waals surface area contributed by atoms with Crippen molar-refractivity contribution in [2.24, 2.45) is 0 Å². The summed E-state index contributed by atoms with van der Waals surface area (Å²) in [6.07, 6.45) is -4.41. The fourth-order valence-electron chi connectivity index (χ4n) is 4.34. The van der Waals surface area contributed by atoms with Crippen LogP contribution in [0, 0.1) is 0 Å². The van der Waals surface area contributed by atoms with Gasteiger partial charge in [0, 0.05) is 25.1 Å². The van der Waals surface area contributed by atoms with Gasteiger partial charge in [-0.2, -0.15) is 0 Å². The summed E-state index contributed by atoms with van der Waals surface area (Å²) in [5.74, 6) is 0.573. The Morgan fingerprint density at radius 3 is 2.29 bits per heavy atom. The van der Waals surface area contributed by atoms with Gasteiger partial charge in [-0.1, -0.05) is 0 Å². The molecule has 2 fully saturated rings. The van der Waals surface area contributed by atoms with Crippen LogP contribution in [0.25, 0.3) is 0 Å². The minimum Gasteiger partial charge on any atom is -0.497 e. The lowest BCUT2D eigenvalue weighted by atomic mass is 9.75. The first-order valence-electron chi connectivity index (χ1n) is 9.07. The number of benzene rings is 1. The Morgan fingerprint density at radius 2 is 1.75 bits per heavy atom. The van der Waals surface area contributed by atoms with Crippen LogP contribution in [0.1, 0.15) is 18.4 Å². The molecule has 0 bridgehead atoms. The van der Waals surface area contributed by atoms with Crippen LogP contribution in [-0.4, -0.2) is 88.6 Å². The Balaban J connectivity index is 1.98. The molecular formula is C19H27NO8. The van der Waals surface area contributed by atoms with Gasteiger partial charge in [0.2, 0.25) is 0 Å². The topological polar surface area (TPSA) is 129 Å². The van der Waals surface area contributed by atoms with Gasteiger partial charge in [0.25, 0.3) is 0 Å². The number of hydrogen-bond donors (Lipinski definition) is 4. The number of ether oxygens (including phenoxy) is 3. The average Bonchev–Trinajstić information content (AvgIpc) is 2.98. The smallest absolute Gasteiger partial charge is 0.323 e. The van der Waals surface area contributed by atoms with Crippen LogP contribution in [0.3, 0.4) is 0 Å². The summed E-state index contributed by atoms with van der Waals surface area (Å²) in [6.45, 7) is 0.218. The van der Waals surface area contributed by atoms with Crippen molar-refractivity contribution in [3.05, 3.63) is 23.8 Å². The number of esters is 1. The Bertz CT molecular complexity index is 706. The van der Waals surface area contributed by atoms with E-state index in [4.69, 9.17) is 14.2 Å². The van der Waals surface area contributed by atoms with Crippen molar-refractivity contribution in [3.8, 4) is 11.5 Å². The van der Waals surface area contributed by atoms with E-state index in [1.165, 1.54) is 21.3 Å². The number of likely N-dealkylation sites (tertiary alicyclic amines) is 1. The van der Waals surface area contributed by atoms with Crippen molar-refractivity contribution in [1.82, 2.24) is 4.90 Å². The highest BCUT2D eigenvalue weighted by molar-refractivity contribution is 5.76. The Morgan fingerprint density at radius 1 is 1.14 bits per heavy atom. The molecule has 0 amide bonds. The molecule has 0 spiro atoms. The number of hydrogen-bond acceptors (Lipinski definition) is 9. The molecule has 0 aromatic heterocycles. The molecule has 1 aromatic rings. The van der Waals surface area contributed by atoms with Crippen LogP contribution < -0.4 is 9.47 Å². The highest BCUT2D eigenvalue weighted by atomic mass is 16.5. The van der Waals surface area contributed by atoms with Gasteiger partial charge in [0.05, 0.1) is 27.4 Å². The summed E-state index contributed by atoms with van der Waals surface area (Å²) in [5, 5.41) is 41.7. The molecule has 2 aliphatic rings. The lowest BCUT2D eigenvalue weighted by Crippen LogP contribution is -2.64. The number of nitrogens with zero attached hydrogens (tertiary/aromatic N) is 1. The predicted octanol–water partition coefficient (Wildman–Crippen LogP) is -0.963. The summed E-state index contributed by atoms with van der Waals surface area (Å²) < 4.78 is 15.4. The molecule has 0 radical (unpaired) electrons. The zero-order chi connectivity index (χ0) is 20.6. The molecule has 1 aliphatic heterocycles. The van der Waals surface area contributed by atoms with E-state index in [2.05, 4.69) is 0 Å². The first-order valence-corrected chi connectivity index (χ1v) is 9.07. The molecule has 156 valence electrons. The van der Waals surface area contributed by atoms with Gasteiger partial charge in [-0.05, 0) is 24.1 Å². The van der Waals surface area contributed by atoms with Gasteiger partial charge in [0.15, 0.2) is 0 Å². The van der Waals surface area contributed by atoms with E-state index in [0.29, 0.717) is 11.5 Å². The molecule has 9 nitrogen and oxygen atoms in total. The van der Waals surface area contributed by atoms with Crippen molar-refractivity contribution in [3.63, 3.8) is 0 Å². The van der Waals surface area contributed by atoms with Crippen LogP contribution in [0.2, 0.25) is 0 Å². The van der Waals surface area contributed by atoms with Gasteiger partial charge < -0.3 is 34.6 Å².